The number of ether oxygens (including phenoxy) is 1. The molecule has 5 nitrogen and oxygen atoms in total. The molecule has 2 aromatic carbocycles. The van der Waals surface area contributed by atoms with E-state index in [1.54, 1.807) is 6.07 Å². The summed E-state index contributed by atoms with van der Waals surface area (Å²) in [6.07, 6.45) is 2.17. The first kappa shape index (κ1) is 20.4. The van der Waals surface area contributed by atoms with Gasteiger partial charge in [-0.2, -0.15) is 0 Å². The second kappa shape index (κ2) is 7.55. The molecule has 3 unspecified atom stereocenters. The lowest BCUT2D eigenvalue weighted by Crippen LogP contribution is -2.30. The summed E-state index contributed by atoms with van der Waals surface area (Å²) >= 11 is 0. The zero-order valence-corrected chi connectivity index (χ0v) is 17.8. The van der Waals surface area contributed by atoms with Crippen molar-refractivity contribution in [2.24, 2.45) is 0 Å². The Morgan fingerprint density at radius 1 is 1.23 bits per heavy atom. The zero-order valence-electron chi connectivity index (χ0n) is 17.8. The van der Waals surface area contributed by atoms with Crippen molar-refractivity contribution in [1.82, 2.24) is 4.90 Å². The molecule has 0 spiro atoms. The third-order valence-electron chi connectivity index (χ3n) is 6.55. The van der Waals surface area contributed by atoms with Crippen molar-refractivity contribution in [3.63, 3.8) is 0 Å². The second-order valence-electron chi connectivity index (χ2n) is 9.25. The quantitative estimate of drug-likeness (QED) is 0.789. The first-order valence-corrected chi connectivity index (χ1v) is 10.8. The molecule has 1 amide bonds. The number of nitrogens with zero attached hydrogens (tertiary/aromatic N) is 1. The van der Waals surface area contributed by atoms with E-state index in [0.29, 0.717) is 11.3 Å². The number of carbonyl (C=O) groups is 1. The maximum atomic E-state index is 13.8. The molecule has 0 saturated carbocycles. The lowest BCUT2D eigenvalue weighted by molar-refractivity contribution is -0.120. The molecule has 0 aromatic heterocycles. The Labute approximate surface area is 181 Å². The number of hydrogen-bond donors (Lipinski definition) is 2. The van der Waals surface area contributed by atoms with Crippen LogP contribution in [0, 0.1) is 5.82 Å². The van der Waals surface area contributed by atoms with E-state index in [2.05, 4.69) is 34.5 Å². The summed E-state index contributed by atoms with van der Waals surface area (Å²) in [6.45, 7) is 6.46. The van der Waals surface area contributed by atoms with Crippen LogP contribution >= 0.6 is 0 Å². The molecule has 3 aliphatic rings. The van der Waals surface area contributed by atoms with Crippen molar-refractivity contribution < 1.29 is 19.0 Å². The lowest BCUT2D eigenvalue weighted by atomic mass is 9.90. The van der Waals surface area contributed by atoms with Crippen LogP contribution in [0.5, 0.6) is 0 Å². The monoisotopic (exact) mass is 422 g/mol. The highest BCUT2D eigenvalue weighted by Crippen LogP contribution is 2.45. The van der Waals surface area contributed by atoms with Crippen molar-refractivity contribution in [3.8, 4) is 0 Å². The minimum atomic E-state index is -0.568. The molecule has 0 radical (unpaired) electrons. The Bertz CT molecular complexity index is 1050. The summed E-state index contributed by atoms with van der Waals surface area (Å²) in [5.41, 5.74) is 4.00. The average molecular weight is 423 g/mol. The number of aliphatic hydroxyl groups excluding tert-OH is 1. The van der Waals surface area contributed by atoms with Crippen LogP contribution in [0.2, 0.25) is 0 Å². The normalized spacial score (nSPS) is 27.3. The number of nitrogens with one attached hydrogen (secondary N) is 1. The topological polar surface area (TPSA) is 61.8 Å². The molecule has 6 heteroatoms. The fourth-order valence-electron chi connectivity index (χ4n) is 5.00. The van der Waals surface area contributed by atoms with Gasteiger partial charge >= 0.3 is 0 Å². The van der Waals surface area contributed by atoms with Gasteiger partial charge in [0, 0.05) is 25.3 Å². The number of likely N-dealkylation sites (tertiary alicyclic amines) is 1. The summed E-state index contributed by atoms with van der Waals surface area (Å²) in [5.74, 6) is -1.09. The van der Waals surface area contributed by atoms with Gasteiger partial charge in [-0.1, -0.05) is 24.3 Å². The minimum absolute atomic E-state index is 0.165. The van der Waals surface area contributed by atoms with Gasteiger partial charge in [-0.25, -0.2) is 4.39 Å². The van der Waals surface area contributed by atoms with Gasteiger partial charge in [-0.3, -0.25) is 9.69 Å². The first-order chi connectivity index (χ1) is 14.8. The van der Waals surface area contributed by atoms with Crippen LogP contribution in [0.15, 0.2) is 48.5 Å². The number of hydrogen-bond acceptors (Lipinski definition) is 4. The number of rotatable bonds is 4. The molecule has 0 bridgehead atoms. The van der Waals surface area contributed by atoms with E-state index in [1.165, 1.54) is 17.7 Å². The number of carbonyl (C=O) groups excluding carboxylic acids is 1. The number of β-amino-alcohol motifs (C(OH)–C–C–N with tert-alkyl or cyclic N) is 1. The van der Waals surface area contributed by atoms with E-state index in [0.717, 1.165) is 37.2 Å². The number of anilines is 1. The maximum absolute atomic E-state index is 13.8. The van der Waals surface area contributed by atoms with Gasteiger partial charge in [-0.05, 0) is 66.8 Å². The van der Waals surface area contributed by atoms with Crippen LogP contribution in [0.4, 0.5) is 10.1 Å². The standard InChI is InChI=1S/C25H27FN2O3/c1-25(2)20(16-5-3-15(4-6-16)13-28-10-9-18(29)14-28)12-22(31-25)23-19-11-17(26)7-8-21(19)27-24(23)30/h3-8,11-12,18,22-23,29H,9-10,13-14H2,1-2H3,(H,27,30). The summed E-state index contributed by atoms with van der Waals surface area (Å²) in [5, 5.41) is 12.6. The summed E-state index contributed by atoms with van der Waals surface area (Å²) in [4.78, 5) is 14.9. The molecule has 1 fully saturated rings. The summed E-state index contributed by atoms with van der Waals surface area (Å²) in [7, 11) is 0. The Morgan fingerprint density at radius 3 is 2.71 bits per heavy atom. The lowest BCUT2D eigenvalue weighted by Gasteiger charge is -2.26. The van der Waals surface area contributed by atoms with Crippen LogP contribution in [0.1, 0.15) is 42.9 Å². The highest BCUT2D eigenvalue weighted by Gasteiger charge is 2.44. The van der Waals surface area contributed by atoms with Gasteiger partial charge in [0.15, 0.2) is 0 Å². The fourth-order valence-corrected chi connectivity index (χ4v) is 5.00. The van der Waals surface area contributed by atoms with Gasteiger partial charge in [0.1, 0.15) is 5.82 Å². The van der Waals surface area contributed by atoms with E-state index in [1.807, 2.05) is 19.9 Å². The smallest absolute Gasteiger partial charge is 0.234 e. The Morgan fingerprint density at radius 2 is 2.00 bits per heavy atom. The predicted molar refractivity (Wildman–Crippen MR) is 117 cm³/mol. The van der Waals surface area contributed by atoms with Crippen LogP contribution in [-0.2, 0) is 16.1 Å². The summed E-state index contributed by atoms with van der Waals surface area (Å²) < 4.78 is 20.1. The highest BCUT2D eigenvalue weighted by atomic mass is 19.1. The van der Waals surface area contributed by atoms with Crippen LogP contribution in [-0.4, -0.2) is 46.8 Å². The third kappa shape index (κ3) is 3.80. The van der Waals surface area contributed by atoms with Gasteiger partial charge in [-0.15, -0.1) is 0 Å². The predicted octanol–water partition coefficient (Wildman–Crippen LogP) is 3.69. The molecule has 3 atom stereocenters. The highest BCUT2D eigenvalue weighted by molar-refractivity contribution is 6.03. The number of halogens is 1. The van der Waals surface area contributed by atoms with E-state index >= 15 is 0 Å². The van der Waals surface area contributed by atoms with Gasteiger partial charge in [0.2, 0.25) is 5.91 Å². The second-order valence-corrected chi connectivity index (χ2v) is 9.25. The first-order valence-electron chi connectivity index (χ1n) is 10.8. The number of fused-ring (bicyclic) bond motifs is 1. The van der Waals surface area contributed by atoms with Crippen molar-refractivity contribution in [2.45, 2.75) is 50.5 Å². The maximum Gasteiger partial charge on any atom is 0.234 e. The Balaban J connectivity index is 1.39. The number of aliphatic hydroxyl groups is 1. The van der Waals surface area contributed by atoms with Crippen molar-refractivity contribution in [1.29, 1.82) is 0 Å². The van der Waals surface area contributed by atoms with Crippen molar-refractivity contribution >= 4 is 17.2 Å². The average Bonchev–Trinajstić information content (AvgIpc) is 3.36. The number of benzene rings is 2. The fraction of sp³-hybridized carbons (Fsp3) is 0.400. The molecule has 31 heavy (non-hydrogen) atoms. The molecule has 2 aromatic rings. The molecule has 5 rings (SSSR count). The van der Waals surface area contributed by atoms with E-state index in [9.17, 15) is 14.3 Å². The number of amides is 1. The molecule has 0 aliphatic carbocycles. The zero-order chi connectivity index (χ0) is 21.8. The van der Waals surface area contributed by atoms with Gasteiger partial charge in [0.05, 0.1) is 23.7 Å². The van der Waals surface area contributed by atoms with E-state index < -0.39 is 17.6 Å². The van der Waals surface area contributed by atoms with Crippen LogP contribution in [0.3, 0.4) is 0 Å². The van der Waals surface area contributed by atoms with Crippen LogP contribution in [0.25, 0.3) is 5.57 Å². The van der Waals surface area contributed by atoms with Crippen LogP contribution < -0.4 is 5.32 Å². The van der Waals surface area contributed by atoms with Gasteiger partial charge in [0.25, 0.3) is 0 Å². The van der Waals surface area contributed by atoms with Crippen molar-refractivity contribution in [3.05, 3.63) is 71.0 Å². The van der Waals surface area contributed by atoms with E-state index in [4.69, 9.17) is 4.74 Å². The molecule has 3 aliphatic heterocycles. The molecule has 2 N–H and O–H groups in total. The molecule has 162 valence electrons. The SMILES string of the molecule is CC1(C)OC(C2C(=O)Nc3ccc(F)cc32)C=C1c1ccc(CN2CCC(O)C2)cc1. The van der Waals surface area contributed by atoms with Gasteiger partial charge < -0.3 is 15.2 Å². The van der Waals surface area contributed by atoms with E-state index in [-0.39, 0.29) is 17.8 Å². The molecule has 1 saturated heterocycles. The molecule has 3 heterocycles. The van der Waals surface area contributed by atoms with Crippen molar-refractivity contribution in [2.75, 3.05) is 18.4 Å². The third-order valence-corrected chi connectivity index (χ3v) is 6.55. The Kier molecular flexibility index (Phi) is 4.96. The Hall–Kier alpha value is -2.54. The molecular weight excluding hydrogens is 395 g/mol. The minimum Gasteiger partial charge on any atom is -0.392 e. The largest absolute Gasteiger partial charge is 0.392 e. The molecular formula is C25H27FN2O3. The summed E-state index contributed by atoms with van der Waals surface area (Å²) in [6, 6.07) is 12.8.